The van der Waals surface area contributed by atoms with E-state index in [-0.39, 0.29) is 0 Å². The first-order chi connectivity index (χ1) is 7.83. The van der Waals surface area contributed by atoms with Crippen molar-refractivity contribution in [3.8, 4) is 0 Å². The number of rotatable bonds is 2. The minimum absolute atomic E-state index is 0.874. The highest BCUT2D eigenvalue weighted by Crippen LogP contribution is 2.65. The Bertz CT molecular complexity index is 271. The Morgan fingerprint density at radius 1 is 0.875 bits per heavy atom. The quantitative estimate of drug-likeness (QED) is 0.752. The molecule has 4 rings (SSSR count). The smallest absolute Gasteiger partial charge is 0.0138 e. The minimum Gasteiger partial charge on any atom is -0.311 e. The molecular formula is C15H25N. The van der Waals surface area contributed by atoms with Gasteiger partial charge in [0.1, 0.15) is 0 Å². The summed E-state index contributed by atoms with van der Waals surface area (Å²) in [7, 11) is 0. The van der Waals surface area contributed by atoms with E-state index in [0.717, 1.165) is 41.7 Å². The number of fused-ring (bicyclic) bond motifs is 5. The topological polar surface area (TPSA) is 12.0 Å². The summed E-state index contributed by atoms with van der Waals surface area (Å²) in [4.78, 5) is 0. The van der Waals surface area contributed by atoms with Gasteiger partial charge in [0.2, 0.25) is 0 Å². The molecule has 2 bridgehead atoms. The molecule has 1 N–H and O–H groups in total. The van der Waals surface area contributed by atoms with E-state index in [9.17, 15) is 0 Å². The first-order valence-electron chi connectivity index (χ1n) is 7.59. The van der Waals surface area contributed by atoms with Crippen molar-refractivity contribution in [2.45, 2.75) is 64.0 Å². The normalized spacial score (nSPS) is 58.7. The molecule has 0 aromatic rings. The predicted octanol–water partition coefficient (Wildman–Crippen LogP) is 3.20. The fraction of sp³-hybridized carbons (Fsp3) is 1.00. The van der Waals surface area contributed by atoms with Crippen LogP contribution >= 0.6 is 0 Å². The molecule has 4 aliphatic carbocycles. The van der Waals surface area contributed by atoms with Crippen LogP contribution in [0.15, 0.2) is 0 Å². The van der Waals surface area contributed by atoms with Crippen LogP contribution in [0.5, 0.6) is 0 Å². The molecule has 0 amide bonds. The zero-order valence-electron chi connectivity index (χ0n) is 10.5. The van der Waals surface area contributed by atoms with E-state index in [1.165, 1.54) is 25.7 Å². The molecule has 1 heteroatoms. The van der Waals surface area contributed by atoms with E-state index in [1.807, 2.05) is 0 Å². The van der Waals surface area contributed by atoms with Crippen LogP contribution in [0.4, 0.5) is 0 Å². The van der Waals surface area contributed by atoms with E-state index in [4.69, 9.17) is 0 Å². The van der Waals surface area contributed by atoms with Gasteiger partial charge in [0.05, 0.1) is 0 Å². The van der Waals surface area contributed by atoms with Gasteiger partial charge in [-0.2, -0.15) is 0 Å². The average Bonchev–Trinajstić information content (AvgIpc) is 2.70. The van der Waals surface area contributed by atoms with Crippen molar-refractivity contribution in [3.05, 3.63) is 0 Å². The molecule has 16 heavy (non-hydrogen) atoms. The summed E-state index contributed by atoms with van der Waals surface area (Å²) in [5.74, 6) is 5.48. The first-order valence-corrected chi connectivity index (χ1v) is 7.59. The Morgan fingerprint density at radius 2 is 1.62 bits per heavy atom. The Kier molecular flexibility index (Phi) is 2.16. The second-order valence-corrected chi connectivity index (χ2v) is 7.15. The molecule has 0 saturated heterocycles. The van der Waals surface area contributed by atoms with E-state index in [2.05, 4.69) is 12.2 Å². The lowest BCUT2D eigenvalue weighted by molar-refractivity contribution is 0.285. The van der Waals surface area contributed by atoms with E-state index >= 15 is 0 Å². The molecule has 0 radical (unpaired) electrons. The summed E-state index contributed by atoms with van der Waals surface area (Å²) in [5, 5.41) is 4.03. The molecule has 0 aromatic carbocycles. The summed E-state index contributed by atoms with van der Waals surface area (Å²) < 4.78 is 0. The van der Waals surface area contributed by atoms with Gasteiger partial charge >= 0.3 is 0 Å². The largest absolute Gasteiger partial charge is 0.311 e. The van der Waals surface area contributed by atoms with Gasteiger partial charge in [0.25, 0.3) is 0 Å². The second-order valence-electron chi connectivity index (χ2n) is 7.15. The van der Waals surface area contributed by atoms with Crippen molar-refractivity contribution in [3.63, 3.8) is 0 Å². The first kappa shape index (κ1) is 9.94. The van der Waals surface area contributed by atoms with Crippen LogP contribution in [0.25, 0.3) is 0 Å². The molecule has 90 valence electrons. The molecule has 0 aliphatic heterocycles. The van der Waals surface area contributed by atoms with Gasteiger partial charge in [-0.3, -0.25) is 0 Å². The Balaban J connectivity index is 1.36. The highest BCUT2D eigenvalue weighted by atomic mass is 15.0. The number of hydrogen-bond donors (Lipinski definition) is 1. The van der Waals surface area contributed by atoms with Crippen LogP contribution in [0.3, 0.4) is 0 Å². The van der Waals surface area contributed by atoms with Gasteiger partial charge in [0, 0.05) is 12.1 Å². The van der Waals surface area contributed by atoms with Crippen molar-refractivity contribution in [1.82, 2.24) is 5.32 Å². The van der Waals surface area contributed by atoms with Crippen LogP contribution in [-0.2, 0) is 0 Å². The summed E-state index contributed by atoms with van der Waals surface area (Å²) in [5.41, 5.74) is 0. The Hall–Kier alpha value is -0.0400. The van der Waals surface area contributed by atoms with Crippen LogP contribution in [0, 0.1) is 29.6 Å². The molecule has 4 fully saturated rings. The van der Waals surface area contributed by atoms with Gasteiger partial charge in [-0.05, 0) is 61.7 Å². The maximum absolute atomic E-state index is 4.03. The van der Waals surface area contributed by atoms with Gasteiger partial charge in [0.15, 0.2) is 0 Å². The van der Waals surface area contributed by atoms with Gasteiger partial charge in [-0.15, -0.1) is 0 Å². The zero-order chi connectivity index (χ0) is 10.7. The van der Waals surface area contributed by atoms with Gasteiger partial charge < -0.3 is 5.32 Å². The third-order valence-corrected chi connectivity index (χ3v) is 6.10. The molecule has 1 nitrogen and oxygen atoms in total. The summed E-state index contributed by atoms with van der Waals surface area (Å²) >= 11 is 0. The highest BCUT2D eigenvalue weighted by Gasteiger charge is 2.64. The van der Waals surface area contributed by atoms with Crippen molar-refractivity contribution in [1.29, 1.82) is 0 Å². The Labute approximate surface area is 99.4 Å². The lowest BCUT2D eigenvalue weighted by Crippen LogP contribution is -2.37. The standard InChI is InChI=1S/C15H25N/c1-9-3-2-4-12(7-9)16-15-13-10-5-6-11(8-10)14(13)15/h9-16H,2-8H2,1H3. The maximum Gasteiger partial charge on any atom is 0.0138 e. The summed E-state index contributed by atoms with van der Waals surface area (Å²) in [6.07, 6.45) is 10.6. The lowest BCUT2D eigenvalue weighted by Gasteiger charge is -2.28. The molecule has 0 spiro atoms. The fourth-order valence-electron chi connectivity index (χ4n) is 5.41. The van der Waals surface area contributed by atoms with Crippen molar-refractivity contribution >= 4 is 0 Å². The fourth-order valence-corrected chi connectivity index (χ4v) is 5.41. The zero-order valence-corrected chi connectivity index (χ0v) is 10.5. The highest BCUT2D eigenvalue weighted by molar-refractivity contribution is 5.17. The van der Waals surface area contributed by atoms with E-state index in [1.54, 1.807) is 19.3 Å². The molecule has 0 aromatic heterocycles. The minimum atomic E-state index is 0.874. The third kappa shape index (κ3) is 1.40. The van der Waals surface area contributed by atoms with Gasteiger partial charge in [-0.25, -0.2) is 0 Å². The number of hydrogen-bond acceptors (Lipinski definition) is 1. The van der Waals surface area contributed by atoms with Crippen molar-refractivity contribution in [2.24, 2.45) is 29.6 Å². The summed E-state index contributed by atoms with van der Waals surface area (Å²) in [6, 6.07) is 1.83. The number of nitrogens with one attached hydrogen (secondary N) is 1. The predicted molar refractivity (Wildman–Crippen MR) is 66.2 cm³/mol. The van der Waals surface area contributed by atoms with E-state index in [0.29, 0.717) is 0 Å². The second kappa shape index (κ2) is 3.48. The van der Waals surface area contributed by atoms with Crippen LogP contribution in [0.1, 0.15) is 51.9 Å². The Morgan fingerprint density at radius 3 is 2.31 bits per heavy atom. The van der Waals surface area contributed by atoms with Gasteiger partial charge in [-0.1, -0.05) is 19.8 Å². The summed E-state index contributed by atoms with van der Waals surface area (Å²) in [6.45, 7) is 2.44. The van der Waals surface area contributed by atoms with Crippen molar-refractivity contribution < 1.29 is 0 Å². The van der Waals surface area contributed by atoms with E-state index < -0.39 is 0 Å². The van der Waals surface area contributed by atoms with Crippen molar-refractivity contribution in [2.75, 3.05) is 0 Å². The average molecular weight is 219 g/mol. The molecule has 6 unspecified atom stereocenters. The molecule has 4 saturated carbocycles. The van der Waals surface area contributed by atoms with Crippen LogP contribution in [0.2, 0.25) is 0 Å². The molecule has 0 heterocycles. The third-order valence-electron chi connectivity index (χ3n) is 6.10. The van der Waals surface area contributed by atoms with Crippen LogP contribution < -0.4 is 5.32 Å². The molecule has 6 atom stereocenters. The monoisotopic (exact) mass is 219 g/mol. The lowest BCUT2D eigenvalue weighted by atomic mass is 9.87. The molecule has 4 aliphatic rings. The SMILES string of the molecule is CC1CCCC(NC2C3C4CCC(C4)C23)C1. The van der Waals surface area contributed by atoms with Crippen LogP contribution in [-0.4, -0.2) is 12.1 Å². The molecular weight excluding hydrogens is 194 g/mol. The maximum atomic E-state index is 4.03.